The molecule has 2 amide bonds. The Morgan fingerprint density at radius 3 is 0.451 bits per heavy atom. The van der Waals surface area contributed by atoms with Crippen LogP contribution in [-0.2, 0) is 9.59 Å². The first-order valence-electron chi connectivity index (χ1n) is 33.7. The van der Waals surface area contributed by atoms with Gasteiger partial charge in [-0.15, -0.1) is 0 Å². The van der Waals surface area contributed by atoms with Gasteiger partial charge in [-0.3, -0.25) is 9.59 Å². The molecule has 0 radical (unpaired) electrons. The summed E-state index contributed by atoms with van der Waals surface area (Å²) in [6.07, 6.45) is 84.0. The fourth-order valence-electron chi connectivity index (χ4n) is 11.0. The van der Waals surface area contributed by atoms with Crippen LogP contribution < -0.4 is 10.6 Å². The van der Waals surface area contributed by atoms with Gasteiger partial charge in [-0.1, -0.05) is 373 Å². The van der Waals surface area contributed by atoms with Crippen molar-refractivity contribution in [3.63, 3.8) is 0 Å². The van der Waals surface area contributed by atoms with Crippen molar-refractivity contribution in [3.8, 4) is 0 Å². The minimum absolute atomic E-state index is 0.174. The standard InChI is InChI=1S/C67H134N2O2/c1-3-5-7-9-11-13-15-17-19-21-23-25-27-29-31-33-35-37-39-41-43-45-47-49-51-53-55-57-59-62-66(70)68-64-61-65-69-67(71)63-60-58-56-54-52-50-48-46-44-42-40-38-36-34-32-30-28-26-24-22-20-18-16-14-12-10-8-6-4-2/h3-65H2,1-2H3,(H,68,70)(H,69,71). The molecule has 424 valence electrons. The smallest absolute Gasteiger partial charge is 0.219 e. The second kappa shape index (κ2) is 65.1. The topological polar surface area (TPSA) is 58.2 Å². The number of carbonyl (C=O) groups excluding carboxylic acids is 2. The average molecular weight is 1000 g/mol. The highest BCUT2D eigenvalue weighted by Gasteiger charge is 2.04. The monoisotopic (exact) mass is 999 g/mol. The molecular formula is C67H134N2O2. The van der Waals surface area contributed by atoms with Crippen molar-refractivity contribution < 1.29 is 9.59 Å². The van der Waals surface area contributed by atoms with Crippen molar-refractivity contribution in [2.45, 2.75) is 406 Å². The molecule has 0 bridgehead atoms. The van der Waals surface area contributed by atoms with Crippen LogP contribution in [0.2, 0.25) is 0 Å². The van der Waals surface area contributed by atoms with E-state index in [0.717, 1.165) is 19.3 Å². The Morgan fingerprint density at radius 1 is 0.183 bits per heavy atom. The molecule has 2 N–H and O–H groups in total. The van der Waals surface area contributed by atoms with E-state index in [0.29, 0.717) is 25.9 Å². The second-order valence-electron chi connectivity index (χ2n) is 23.4. The van der Waals surface area contributed by atoms with Crippen LogP contribution in [0.4, 0.5) is 0 Å². The molecule has 71 heavy (non-hydrogen) atoms. The van der Waals surface area contributed by atoms with Crippen molar-refractivity contribution in [1.82, 2.24) is 10.6 Å². The molecule has 0 atom stereocenters. The van der Waals surface area contributed by atoms with Gasteiger partial charge in [0.05, 0.1) is 0 Å². The Kier molecular flexibility index (Phi) is 64.1. The summed E-state index contributed by atoms with van der Waals surface area (Å²) in [7, 11) is 0. The SMILES string of the molecule is CCCCCCCCCCCCCCCCCCCCCCCCCCCCCCCC(=O)NCCCNC(=O)CCCCCCCCCCCCCCCCCCCCCCCCCCCCCCC. The quantitative estimate of drug-likeness (QED) is 0.0597. The Labute approximate surface area is 448 Å². The fraction of sp³-hybridized carbons (Fsp3) is 0.970. The molecule has 0 saturated heterocycles. The summed E-state index contributed by atoms with van der Waals surface area (Å²) in [5.74, 6) is 0.347. The van der Waals surface area contributed by atoms with Gasteiger partial charge in [-0.05, 0) is 19.3 Å². The van der Waals surface area contributed by atoms with E-state index >= 15 is 0 Å². The number of carbonyl (C=O) groups is 2. The summed E-state index contributed by atoms with van der Waals surface area (Å²) < 4.78 is 0. The maximum atomic E-state index is 12.2. The highest BCUT2D eigenvalue weighted by atomic mass is 16.2. The van der Waals surface area contributed by atoms with E-state index in [1.54, 1.807) is 0 Å². The van der Waals surface area contributed by atoms with Gasteiger partial charge in [0.15, 0.2) is 0 Å². The van der Waals surface area contributed by atoms with Crippen LogP contribution in [0.15, 0.2) is 0 Å². The van der Waals surface area contributed by atoms with E-state index in [1.807, 2.05) is 0 Å². The van der Waals surface area contributed by atoms with Crippen molar-refractivity contribution >= 4 is 11.8 Å². The molecule has 0 aromatic rings. The van der Waals surface area contributed by atoms with Gasteiger partial charge < -0.3 is 10.6 Å². The summed E-state index contributed by atoms with van der Waals surface area (Å²) in [4.78, 5) is 24.5. The number of rotatable bonds is 64. The second-order valence-corrected chi connectivity index (χ2v) is 23.4. The first-order valence-corrected chi connectivity index (χ1v) is 33.7. The molecule has 0 aromatic heterocycles. The van der Waals surface area contributed by atoms with Crippen LogP contribution in [0, 0.1) is 0 Å². The van der Waals surface area contributed by atoms with Crippen LogP contribution in [0.3, 0.4) is 0 Å². The molecule has 0 fully saturated rings. The number of unbranched alkanes of at least 4 members (excludes halogenated alkanes) is 56. The predicted molar refractivity (Wildman–Crippen MR) is 319 cm³/mol. The summed E-state index contributed by atoms with van der Waals surface area (Å²) in [6.45, 7) is 5.94. The average Bonchev–Trinajstić information content (AvgIpc) is 3.37. The zero-order chi connectivity index (χ0) is 51.1. The molecule has 0 aliphatic carbocycles. The minimum Gasteiger partial charge on any atom is -0.356 e. The largest absolute Gasteiger partial charge is 0.356 e. The lowest BCUT2D eigenvalue weighted by Crippen LogP contribution is -2.29. The summed E-state index contributed by atoms with van der Waals surface area (Å²) in [6, 6.07) is 0. The summed E-state index contributed by atoms with van der Waals surface area (Å²) in [5, 5.41) is 6.11. The van der Waals surface area contributed by atoms with E-state index in [1.165, 1.54) is 360 Å². The van der Waals surface area contributed by atoms with Gasteiger partial charge in [-0.25, -0.2) is 0 Å². The molecule has 0 unspecified atom stereocenters. The normalized spacial score (nSPS) is 11.5. The Bertz CT molecular complexity index is 907. The third kappa shape index (κ3) is 65.0. The van der Waals surface area contributed by atoms with Crippen LogP contribution in [0.5, 0.6) is 0 Å². The van der Waals surface area contributed by atoms with Crippen molar-refractivity contribution in [2.75, 3.05) is 13.1 Å². The van der Waals surface area contributed by atoms with Crippen LogP contribution in [0.25, 0.3) is 0 Å². The molecule has 0 aliphatic rings. The van der Waals surface area contributed by atoms with Crippen LogP contribution in [-0.4, -0.2) is 24.9 Å². The van der Waals surface area contributed by atoms with E-state index in [4.69, 9.17) is 0 Å². The van der Waals surface area contributed by atoms with Gasteiger partial charge in [0.25, 0.3) is 0 Å². The third-order valence-electron chi connectivity index (χ3n) is 16.0. The van der Waals surface area contributed by atoms with Crippen molar-refractivity contribution in [2.24, 2.45) is 0 Å². The van der Waals surface area contributed by atoms with Crippen molar-refractivity contribution in [3.05, 3.63) is 0 Å². The molecule has 4 heteroatoms. The lowest BCUT2D eigenvalue weighted by atomic mass is 10.0. The lowest BCUT2D eigenvalue weighted by molar-refractivity contribution is -0.121. The predicted octanol–water partition coefficient (Wildman–Crippen LogP) is 23.1. The molecular weight excluding hydrogens is 865 g/mol. The molecule has 0 aromatic carbocycles. The van der Waals surface area contributed by atoms with E-state index in [-0.39, 0.29) is 11.8 Å². The number of hydrogen-bond acceptors (Lipinski definition) is 2. The van der Waals surface area contributed by atoms with Crippen LogP contribution in [0.1, 0.15) is 406 Å². The molecule has 0 saturated carbocycles. The van der Waals surface area contributed by atoms with Gasteiger partial charge in [0.1, 0.15) is 0 Å². The zero-order valence-corrected chi connectivity index (χ0v) is 49.4. The molecule has 0 spiro atoms. The number of nitrogens with one attached hydrogen (secondary N) is 2. The molecule has 0 aliphatic heterocycles. The third-order valence-corrected chi connectivity index (χ3v) is 16.0. The maximum Gasteiger partial charge on any atom is 0.219 e. The van der Waals surface area contributed by atoms with E-state index in [9.17, 15) is 9.59 Å². The highest BCUT2D eigenvalue weighted by molar-refractivity contribution is 5.76. The minimum atomic E-state index is 0.174. The van der Waals surface area contributed by atoms with Crippen LogP contribution >= 0.6 is 0 Å². The van der Waals surface area contributed by atoms with Crippen molar-refractivity contribution in [1.29, 1.82) is 0 Å². The van der Waals surface area contributed by atoms with Gasteiger partial charge >= 0.3 is 0 Å². The first-order chi connectivity index (χ1) is 35.2. The molecule has 4 nitrogen and oxygen atoms in total. The van der Waals surface area contributed by atoms with Gasteiger partial charge in [0, 0.05) is 25.9 Å². The maximum absolute atomic E-state index is 12.2. The van der Waals surface area contributed by atoms with E-state index < -0.39 is 0 Å². The van der Waals surface area contributed by atoms with Gasteiger partial charge in [0.2, 0.25) is 11.8 Å². The Hall–Kier alpha value is -1.06. The number of amides is 2. The van der Waals surface area contributed by atoms with E-state index in [2.05, 4.69) is 24.5 Å². The fourth-order valence-corrected chi connectivity index (χ4v) is 11.0. The Balaban J connectivity index is 3.21. The lowest BCUT2D eigenvalue weighted by Gasteiger charge is -2.07. The first kappa shape index (κ1) is 69.9. The highest BCUT2D eigenvalue weighted by Crippen LogP contribution is 2.19. The molecule has 0 rings (SSSR count). The van der Waals surface area contributed by atoms with Gasteiger partial charge in [-0.2, -0.15) is 0 Å². The Morgan fingerprint density at radius 2 is 0.310 bits per heavy atom. The summed E-state index contributed by atoms with van der Waals surface area (Å²) >= 11 is 0. The summed E-state index contributed by atoms with van der Waals surface area (Å²) in [5.41, 5.74) is 0. The number of hydrogen-bond donors (Lipinski definition) is 2. The molecule has 0 heterocycles. The zero-order valence-electron chi connectivity index (χ0n) is 49.4.